The normalized spacial score (nSPS) is 15.2. The van der Waals surface area contributed by atoms with Crippen molar-refractivity contribution in [1.82, 2.24) is 9.88 Å². The van der Waals surface area contributed by atoms with Crippen LogP contribution in [0.15, 0.2) is 44.3 Å². The first-order chi connectivity index (χ1) is 16.4. The Morgan fingerprint density at radius 2 is 1.94 bits per heavy atom. The number of aromatic amines is 1. The summed E-state index contributed by atoms with van der Waals surface area (Å²) in [6, 6.07) is 7.96. The Kier molecular flexibility index (Phi) is 6.99. The number of hydrogen-bond acceptors (Lipinski definition) is 9. The molecule has 0 unspecified atom stereocenters. The molecule has 0 bridgehead atoms. The van der Waals surface area contributed by atoms with Crippen LogP contribution in [0.3, 0.4) is 0 Å². The van der Waals surface area contributed by atoms with Gasteiger partial charge in [0.25, 0.3) is 5.56 Å². The maximum atomic E-state index is 13.0. The summed E-state index contributed by atoms with van der Waals surface area (Å²) in [6.07, 6.45) is -0.313. The van der Waals surface area contributed by atoms with Gasteiger partial charge in [-0.3, -0.25) is 19.3 Å². The van der Waals surface area contributed by atoms with Gasteiger partial charge in [0, 0.05) is 35.6 Å². The van der Waals surface area contributed by atoms with Crippen LogP contribution in [-0.4, -0.2) is 61.5 Å². The lowest BCUT2D eigenvalue weighted by Crippen LogP contribution is -2.35. The van der Waals surface area contributed by atoms with Gasteiger partial charge in [0.15, 0.2) is 5.76 Å². The predicted octanol–water partition coefficient (Wildman–Crippen LogP) is 1.72. The van der Waals surface area contributed by atoms with Crippen LogP contribution < -0.4 is 15.7 Å². The third kappa shape index (κ3) is 4.97. The molecule has 1 aromatic carbocycles. The van der Waals surface area contributed by atoms with Crippen molar-refractivity contribution in [1.29, 1.82) is 0 Å². The molecule has 0 radical (unpaired) electrons. The van der Waals surface area contributed by atoms with Gasteiger partial charge in [-0.2, -0.15) is 0 Å². The number of carbonyl (C=O) groups excluding carboxylic acids is 1. The quantitative estimate of drug-likeness (QED) is 0.496. The Bertz CT molecular complexity index is 1310. The molecule has 0 spiro atoms. The molecule has 2 N–H and O–H groups in total. The van der Waals surface area contributed by atoms with Crippen molar-refractivity contribution in [2.24, 2.45) is 0 Å². The van der Waals surface area contributed by atoms with Gasteiger partial charge in [-0.05, 0) is 24.3 Å². The van der Waals surface area contributed by atoms with Gasteiger partial charge in [0.1, 0.15) is 11.5 Å². The van der Waals surface area contributed by atoms with Crippen LogP contribution in [-0.2, 0) is 20.8 Å². The average Bonchev–Trinajstić information content (AvgIpc) is 2.84. The second-order valence-corrected chi connectivity index (χ2v) is 8.02. The number of aromatic hydroxyl groups is 1. The number of pyridine rings is 1. The Hall–Kier alpha value is -3.63. The highest BCUT2D eigenvalue weighted by Crippen LogP contribution is 2.33. The fourth-order valence-corrected chi connectivity index (χ4v) is 4.03. The van der Waals surface area contributed by atoms with Crippen LogP contribution in [0.4, 0.5) is 0 Å². The van der Waals surface area contributed by atoms with E-state index in [1.165, 1.54) is 20.3 Å². The van der Waals surface area contributed by atoms with Crippen LogP contribution in [0, 0.1) is 0 Å². The second-order valence-electron chi connectivity index (χ2n) is 8.02. The van der Waals surface area contributed by atoms with Crippen molar-refractivity contribution < 1.29 is 28.5 Å². The molecule has 10 heteroatoms. The molecule has 4 rings (SSSR count). The zero-order valence-corrected chi connectivity index (χ0v) is 19.0. The monoisotopic (exact) mass is 470 g/mol. The molecular formula is C24H26N2O8. The number of nitrogens with one attached hydrogen (secondary N) is 1. The number of morpholine rings is 1. The minimum atomic E-state index is -1.05. The predicted molar refractivity (Wildman–Crippen MR) is 122 cm³/mol. The molecule has 180 valence electrons. The first kappa shape index (κ1) is 23.5. The van der Waals surface area contributed by atoms with Gasteiger partial charge in [0.05, 0.1) is 46.3 Å². The summed E-state index contributed by atoms with van der Waals surface area (Å²) >= 11 is 0. The number of rotatable bonds is 7. The third-order valence-electron chi connectivity index (χ3n) is 5.85. The molecule has 1 fully saturated rings. The molecule has 1 saturated heterocycles. The van der Waals surface area contributed by atoms with Crippen molar-refractivity contribution >= 4 is 16.9 Å². The molecule has 34 heavy (non-hydrogen) atoms. The fourth-order valence-electron chi connectivity index (χ4n) is 4.03. The number of methoxy groups -OCH3 is 2. The molecule has 10 nitrogen and oxygen atoms in total. The number of aromatic nitrogens is 1. The number of hydrogen-bond donors (Lipinski definition) is 2. The number of fused-ring (bicyclic) bond motifs is 1. The number of ether oxygens (including phenoxy) is 3. The van der Waals surface area contributed by atoms with E-state index in [0.717, 1.165) is 0 Å². The smallest absolute Gasteiger partial charge is 0.306 e. The Morgan fingerprint density at radius 3 is 2.65 bits per heavy atom. The average molecular weight is 470 g/mol. The first-order valence-electron chi connectivity index (χ1n) is 10.8. The van der Waals surface area contributed by atoms with E-state index in [4.69, 9.17) is 18.6 Å². The molecule has 1 aliphatic heterocycles. The Labute approximate surface area is 194 Å². The van der Waals surface area contributed by atoms with E-state index in [9.17, 15) is 19.5 Å². The third-order valence-corrected chi connectivity index (χ3v) is 5.85. The number of carbonyl (C=O) groups is 1. The van der Waals surface area contributed by atoms with Crippen molar-refractivity contribution in [3.05, 3.63) is 68.0 Å². The lowest BCUT2D eigenvalue weighted by molar-refractivity contribution is -0.140. The van der Waals surface area contributed by atoms with E-state index in [1.807, 2.05) is 4.90 Å². The lowest BCUT2D eigenvalue weighted by Gasteiger charge is -2.26. The zero-order valence-electron chi connectivity index (χ0n) is 19.0. The van der Waals surface area contributed by atoms with Crippen LogP contribution >= 0.6 is 0 Å². The van der Waals surface area contributed by atoms with E-state index in [2.05, 4.69) is 4.98 Å². The van der Waals surface area contributed by atoms with Gasteiger partial charge < -0.3 is 28.7 Å². The number of nitrogens with zero attached hydrogens (tertiary/aromatic N) is 1. The fraction of sp³-hybridized carbons (Fsp3) is 0.375. The topological polar surface area (TPSA) is 131 Å². The van der Waals surface area contributed by atoms with E-state index in [0.29, 0.717) is 55.3 Å². The lowest BCUT2D eigenvalue weighted by atomic mass is 9.92. The maximum absolute atomic E-state index is 13.0. The molecule has 1 atom stereocenters. The number of H-pyrrole nitrogens is 1. The summed E-state index contributed by atoms with van der Waals surface area (Å²) < 4.78 is 21.4. The zero-order chi connectivity index (χ0) is 24.2. The van der Waals surface area contributed by atoms with Crippen molar-refractivity contribution in [3.8, 4) is 11.5 Å². The molecule has 0 saturated carbocycles. The van der Waals surface area contributed by atoms with Crippen LogP contribution in [0.25, 0.3) is 10.9 Å². The highest BCUT2D eigenvalue weighted by atomic mass is 16.5. The SMILES string of the molecule is COC(=O)C[C@H](c1oc(CN2CCOCC2)cc(=O)c1O)c1cc2cc(OC)ccc2[nH]c1=O. The van der Waals surface area contributed by atoms with Crippen molar-refractivity contribution in [2.75, 3.05) is 40.5 Å². The van der Waals surface area contributed by atoms with Crippen LogP contribution in [0.1, 0.15) is 29.4 Å². The van der Waals surface area contributed by atoms with Gasteiger partial charge >= 0.3 is 5.97 Å². The Balaban J connectivity index is 1.83. The summed E-state index contributed by atoms with van der Waals surface area (Å²) in [6.45, 7) is 2.78. The molecule has 0 aliphatic carbocycles. The van der Waals surface area contributed by atoms with Crippen LogP contribution in [0.5, 0.6) is 11.5 Å². The Morgan fingerprint density at radius 1 is 1.18 bits per heavy atom. The molecule has 3 heterocycles. The van der Waals surface area contributed by atoms with Gasteiger partial charge in [-0.1, -0.05) is 0 Å². The largest absolute Gasteiger partial charge is 0.502 e. The minimum Gasteiger partial charge on any atom is -0.502 e. The van der Waals surface area contributed by atoms with Gasteiger partial charge in [0.2, 0.25) is 11.2 Å². The first-order valence-corrected chi connectivity index (χ1v) is 10.8. The van der Waals surface area contributed by atoms with E-state index in [1.54, 1.807) is 24.3 Å². The molecule has 0 amide bonds. The van der Waals surface area contributed by atoms with Crippen molar-refractivity contribution in [2.45, 2.75) is 18.9 Å². The second kappa shape index (κ2) is 10.1. The van der Waals surface area contributed by atoms with E-state index >= 15 is 0 Å². The number of benzene rings is 1. The minimum absolute atomic E-state index is 0.146. The molecule has 1 aliphatic rings. The van der Waals surface area contributed by atoms with E-state index in [-0.39, 0.29) is 17.7 Å². The summed E-state index contributed by atoms with van der Waals surface area (Å²) in [5, 5.41) is 11.3. The van der Waals surface area contributed by atoms with Gasteiger partial charge in [-0.15, -0.1) is 0 Å². The molecule has 2 aromatic heterocycles. The molecule has 3 aromatic rings. The van der Waals surface area contributed by atoms with Gasteiger partial charge in [-0.25, -0.2) is 0 Å². The van der Waals surface area contributed by atoms with Crippen molar-refractivity contribution in [3.63, 3.8) is 0 Å². The highest BCUT2D eigenvalue weighted by Gasteiger charge is 2.29. The number of esters is 1. The molecular weight excluding hydrogens is 444 g/mol. The summed E-state index contributed by atoms with van der Waals surface area (Å²) in [7, 11) is 2.75. The summed E-state index contributed by atoms with van der Waals surface area (Å²) in [5.74, 6) is -1.59. The summed E-state index contributed by atoms with van der Waals surface area (Å²) in [5.41, 5.74) is -0.420. The maximum Gasteiger partial charge on any atom is 0.306 e. The standard InChI is InChI=1S/C24H26N2O8/c1-31-15-3-4-19-14(9-15)10-18(24(30)25-19)17(12-21(28)32-2)23-22(29)20(27)11-16(34-23)13-26-5-7-33-8-6-26/h3-4,9-11,17,29H,5-8,12-13H2,1-2H3,(H,25,30)/t17-/m0/s1. The summed E-state index contributed by atoms with van der Waals surface area (Å²) in [4.78, 5) is 42.7. The van der Waals surface area contributed by atoms with Crippen LogP contribution in [0.2, 0.25) is 0 Å². The van der Waals surface area contributed by atoms with E-state index < -0.39 is 28.6 Å². The highest BCUT2D eigenvalue weighted by molar-refractivity contribution is 5.81.